The van der Waals surface area contributed by atoms with E-state index in [1.54, 1.807) is 29.7 Å². The maximum atomic E-state index is 13.8. The van der Waals surface area contributed by atoms with Crippen LogP contribution in [-0.2, 0) is 26.5 Å². The van der Waals surface area contributed by atoms with Crippen LogP contribution in [0.15, 0.2) is 109 Å². The second-order valence-corrected chi connectivity index (χ2v) is 24.9. The van der Waals surface area contributed by atoms with Crippen LogP contribution in [0, 0.1) is 23.8 Å². The Hall–Kier alpha value is -3.66. The Kier molecular flexibility index (Phi) is 10.4. The van der Waals surface area contributed by atoms with Crippen LogP contribution in [0.5, 0.6) is 0 Å². The Bertz CT molecular complexity index is 2300. The van der Waals surface area contributed by atoms with Gasteiger partial charge in [0.25, 0.3) is 0 Å². The van der Waals surface area contributed by atoms with Crippen LogP contribution < -0.4 is 10.4 Å². The molecular formula is C41H38F2IrN2SSi2-2. The van der Waals surface area contributed by atoms with Gasteiger partial charge in [-0.05, 0) is 67.5 Å². The molecular weight excluding hydrogens is 839 g/mol. The minimum absolute atomic E-state index is 0. The molecule has 0 aliphatic rings. The smallest absolute Gasteiger partial charge is 0.159 e. The number of fused-ring (bicyclic) bond motifs is 3. The zero-order valence-electron chi connectivity index (χ0n) is 30.3. The van der Waals surface area contributed by atoms with Crippen molar-refractivity contribution in [3.8, 4) is 22.5 Å². The molecule has 0 bridgehead atoms. The molecule has 0 amide bonds. The van der Waals surface area contributed by atoms with E-state index < -0.39 is 34.2 Å². The van der Waals surface area contributed by atoms with Crippen molar-refractivity contribution < 1.29 is 31.6 Å². The van der Waals surface area contributed by atoms with Gasteiger partial charge in [-0.2, -0.15) is 11.3 Å². The molecule has 7 rings (SSSR count). The van der Waals surface area contributed by atoms with Gasteiger partial charge in [0.2, 0.25) is 0 Å². The van der Waals surface area contributed by atoms with Crippen LogP contribution in [0.4, 0.5) is 8.78 Å². The van der Waals surface area contributed by atoms with E-state index in [1.165, 1.54) is 26.5 Å². The van der Waals surface area contributed by atoms with Gasteiger partial charge in [-0.1, -0.05) is 87.1 Å². The van der Waals surface area contributed by atoms with Crippen molar-refractivity contribution in [1.29, 1.82) is 0 Å². The molecule has 4 aromatic carbocycles. The molecule has 0 saturated heterocycles. The minimum Gasteiger partial charge on any atom is -0.305 e. The number of aromatic nitrogens is 2. The van der Waals surface area contributed by atoms with Crippen LogP contribution in [-0.4, -0.2) is 26.1 Å². The fraction of sp³-hybridized carbons (Fsp3) is 0.171. The molecule has 0 unspecified atom stereocenters. The third-order valence-corrected chi connectivity index (χ3v) is 13.6. The zero-order chi connectivity index (χ0) is 35.8. The molecule has 3 heterocycles. The SMILES string of the molecule is C[Si](C)(C)c1ccc(-c2[c-]cccc2)nc1.[2H]C([2H])(c1ccnc(-c2[c-]ccc3c2sc2c([Si](C)(C)C)cccc23)c1)c1ccc(F)c(F)c1.[Ir]. The van der Waals surface area contributed by atoms with Crippen molar-refractivity contribution in [2.24, 2.45) is 0 Å². The van der Waals surface area contributed by atoms with Crippen LogP contribution in [0.1, 0.15) is 13.9 Å². The second-order valence-electron chi connectivity index (χ2n) is 13.8. The van der Waals surface area contributed by atoms with Crippen molar-refractivity contribution in [2.45, 2.75) is 45.7 Å². The standard InChI is InChI=1S/C27H22F2NSSi.C14H16NSi.Ir/c1-32(2,3)25-9-5-7-20-19-6-4-8-21(26(19)31-27(20)25)24-16-18(12-13-30-24)14-17-10-11-22(28)23(29)15-17;1-16(2,3)13-9-10-14(15-11-13)12-7-5-4-6-8-12;/h4-7,9-13,15-16H,14H2,1-3H3;4-7,9-11H,1-3H3;/q2*-1;/i14D2;;. The summed E-state index contributed by atoms with van der Waals surface area (Å²) in [5, 5.41) is 5.15. The Morgan fingerprint density at radius 2 is 1.47 bits per heavy atom. The molecule has 0 atom stereocenters. The number of halogens is 2. The van der Waals surface area contributed by atoms with Crippen molar-refractivity contribution >= 4 is 58.0 Å². The normalized spacial score (nSPS) is 12.5. The quantitative estimate of drug-likeness (QED) is 0.123. The van der Waals surface area contributed by atoms with Crippen LogP contribution in [0.3, 0.4) is 0 Å². The summed E-state index contributed by atoms with van der Waals surface area (Å²) in [6, 6.07) is 35.6. The van der Waals surface area contributed by atoms with Crippen LogP contribution >= 0.6 is 11.3 Å². The van der Waals surface area contributed by atoms with Gasteiger partial charge in [-0.15, -0.1) is 59.7 Å². The topological polar surface area (TPSA) is 25.8 Å². The van der Waals surface area contributed by atoms with Gasteiger partial charge >= 0.3 is 0 Å². The number of pyridine rings is 2. The van der Waals surface area contributed by atoms with Crippen LogP contribution in [0.2, 0.25) is 39.3 Å². The van der Waals surface area contributed by atoms with E-state index in [1.807, 2.05) is 36.5 Å². The first kappa shape index (κ1) is 33.8. The molecule has 251 valence electrons. The van der Waals surface area contributed by atoms with Gasteiger partial charge in [0.05, 0.1) is 16.1 Å². The summed E-state index contributed by atoms with van der Waals surface area (Å²) < 4.78 is 46.8. The number of rotatable bonds is 6. The van der Waals surface area contributed by atoms with E-state index >= 15 is 0 Å². The molecule has 0 fully saturated rings. The zero-order valence-corrected chi connectivity index (χ0v) is 33.5. The first-order chi connectivity index (χ1) is 23.6. The fourth-order valence-electron chi connectivity index (χ4n) is 5.48. The summed E-state index contributed by atoms with van der Waals surface area (Å²) in [7, 11) is -2.79. The van der Waals surface area contributed by atoms with Crippen LogP contribution in [0.25, 0.3) is 42.7 Å². The van der Waals surface area contributed by atoms with Gasteiger partial charge in [-0.3, -0.25) is 0 Å². The fourth-order valence-corrected chi connectivity index (χ4v) is 10.2. The molecule has 7 aromatic rings. The summed E-state index contributed by atoms with van der Waals surface area (Å²) >= 11 is 1.73. The molecule has 0 aliphatic carbocycles. The Labute approximate surface area is 310 Å². The predicted octanol–water partition coefficient (Wildman–Crippen LogP) is 10.4. The Morgan fingerprint density at radius 3 is 2.14 bits per heavy atom. The third kappa shape index (κ3) is 8.39. The monoisotopic (exact) mass is 879 g/mol. The molecule has 3 aromatic heterocycles. The van der Waals surface area contributed by atoms with E-state index in [-0.39, 0.29) is 25.7 Å². The average Bonchev–Trinajstić information content (AvgIpc) is 3.48. The first-order valence-electron chi connectivity index (χ1n) is 16.9. The van der Waals surface area contributed by atoms with Gasteiger partial charge in [0.15, 0.2) is 11.6 Å². The maximum absolute atomic E-state index is 13.8. The summed E-state index contributed by atoms with van der Waals surface area (Å²) in [6.45, 7) is 14.0. The number of hydrogen-bond acceptors (Lipinski definition) is 3. The summed E-state index contributed by atoms with van der Waals surface area (Å²) in [5.41, 5.74) is 3.83. The first-order valence-corrected chi connectivity index (χ1v) is 23.7. The largest absolute Gasteiger partial charge is 0.305 e. The van der Waals surface area contributed by atoms with Gasteiger partial charge in [0.1, 0.15) is 0 Å². The van der Waals surface area contributed by atoms with E-state index in [0.717, 1.165) is 39.0 Å². The van der Waals surface area contributed by atoms with E-state index in [9.17, 15) is 8.78 Å². The van der Waals surface area contributed by atoms with Crippen molar-refractivity contribution in [3.05, 3.63) is 144 Å². The molecule has 0 saturated carbocycles. The summed E-state index contributed by atoms with van der Waals surface area (Å²) in [5.74, 6) is -2.07. The summed E-state index contributed by atoms with van der Waals surface area (Å²) in [6.07, 6.45) is 1.55. The second kappa shape index (κ2) is 15.1. The van der Waals surface area contributed by atoms with E-state index in [2.05, 4.69) is 97.8 Å². The van der Waals surface area contributed by atoms with Gasteiger partial charge < -0.3 is 9.97 Å². The Morgan fingerprint density at radius 1 is 0.694 bits per heavy atom. The molecule has 0 aliphatic heterocycles. The minimum atomic E-state index is -2.02. The molecule has 1 radical (unpaired) electrons. The van der Waals surface area contributed by atoms with Crippen molar-refractivity contribution in [1.82, 2.24) is 9.97 Å². The Balaban J connectivity index is 0.000000249. The maximum Gasteiger partial charge on any atom is 0.159 e. The van der Waals surface area contributed by atoms with Crippen molar-refractivity contribution in [2.75, 3.05) is 0 Å². The molecule has 49 heavy (non-hydrogen) atoms. The number of hydrogen-bond donors (Lipinski definition) is 0. The van der Waals surface area contributed by atoms with Crippen molar-refractivity contribution in [3.63, 3.8) is 0 Å². The number of nitrogens with zero attached hydrogens (tertiary/aromatic N) is 2. The molecule has 8 heteroatoms. The molecule has 2 nitrogen and oxygen atoms in total. The number of thiophene rings is 1. The number of benzene rings is 4. The third-order valence-electron chi connectivity index (χ3n) is 8.11. The average molecular weight is 879 g/mol. The van der Waals surface area contributed by atoms with Gasteiger partial charge in [0, 0.05) is 39.9 Å². The van der Waals surface area contributed by atoms with E-state index in [0.29, 0.717) is 11.3 Å². The predicted molar refractivity (Wildman–Crippen MR) is 205 cm³/mol. The summed E-state index contributed by atoms with van der Waals surface area (Å²) in [4.78, 5) is 9.04. The van der Waals surface area contributed by atoms with Gasteiger partial charge in [-0.25, -0.2) is 8.78 Å². The van der Waals surface area contributed by atoms with E-state index in [4.69, 9.17) is 2.74 Å². The molecule has 0 spiro atoms. The molecule has 0 N–H and O–H groups in total.